The molecule has 82 valence electrons. The van der Waals surface area contributed by atoms with Gasteiger partial charge in [-0.05, 0) is 32.4 Å². The van der Waals surface area contributed by atoms with Gasteiger partial charge < -0.3 is 9.52 Å². The summed E-state index contributed by atoms with van der Waals surface area (Å²) in [6.07, 6.45) is 3.73. The summed E-state index contributed by atoms with van der Waals surface area (Å²) in [5, 5.41) is 8.74. The molecule has 1 N–H and O–H groups in total. The van der Waals surface area contributed by atoms with Gasteiger partial charge in [-0.1, -0.05) is 0 Å². The van der Waals surface area contributed by atoms with Crippen LogP contribution in [0, 0.1) is 0 Å². The molecule has 0 aromatic carbocycles. The maximum absolute atomic E-state index is 10.6. The lowest BCUT2D eigenvalue weighted by Gasteiger charge is -2.18. The van der Waals surface area contributed by atoms with Gasteiger partial charge >= 0.3 is 5.97 Å². The van der Waals surface area contributed by atoms with Gasteiger partial charge in [-0.2, -0.15) is 0 Å². The van der Waals surface area contributed by atoms with E-state index in [0.717, 1.165) is 12.3 Å². The Balaban J connectivity index is 2.01. The van der Waals surface area contributed by atoms with E-state index in [2.05, 4.69) is 11.8 Å². The molecule has 1 fully saturated rings. The molecule has 1 aromatic heterocycles. The van der Waals surface area contributed by atoms with Crippen molar-refractivity contribution in [1.82, 2.24) is 4.90 Å². The molecule has 4 heteroatoms. The van der Waals surface area contributed by atoms with Crippen LogP contribution < -0.4 is 0 Å². The lowest BCUT2D eigenvalue weighted by atomic mass is 10.2. The SMILES string of the molecule is CC1CCCN1Cc1cc(C(=O)O)co1. The lowest BCUT2D eigenvalue weighted by Crippen LogP contribution is -2.25. The predicted octanol–water partition coefficient (Wildman–Crippen LogP) is 1.96. The van der Waals surface area contributed by atoms with Crippen LogP contribution in [0.5, 0.6) is 0 Å². The van der Waals surface area contributed by atoms with Gasteiger partial charge in [0.25, 0.3) is 0 Å². The number of carbonyl (C=O) groups is 1. The highest BCUT2D eigenvalue weighted by atomic mass is 16.4. The van der Waals surface area contributed by atoms with Gasteiger partial charge in [0.1, 0.15) is 12.0 Å². The van der Waals surface area contributed by atoms with Crippen LogP contribution in [0.4, 0.5) is 0 Å². The van der Waals surface area contributed by atoms with Crippen LogP contribution in [0.3, 0.4) is 0 Å². The van der Waals surface area contributed by atoms with E-state index in [1.54, 1.807) is 6.07 Å². The van der Waals surface area contributed by atoms with Crippen LogP contribution in [-0.2, 0) is 6.54 Å². The highest BCUT2D eigenvalue weighted by molar-refractivity contribution is 5.87. The molecular weight excluding hydrogens is 194 g/mol. The van der Waals surface area contributed by atoms with E-state index < -0.39 is 5.97 Å². The molecular formula is C11H15NO3. The molecule has 1 aliphatic heterocycles. The molecule has 0 bridgehead atoms. The van der Waals surface area contributed by atoms with Gasteiger partial charge in [0, 0.05) is 6.04 Å². The third-order valence-electron chi connectivity index (χ3n) is 2.95. The van der Waals surface area contributed by atoms with Crippen molar-refractivity contribution in [3.8, 4) is 0 Å². The van der Waals surface area contributed by atoms with Crippen molar-refractivity contribution in [2.75, 3.05) is 6.54 Å². The Morgan fingerprint density at radius 2 is 2.53 bits per heavy atom. The van der Waals surface area contributed by atoms with E-state index in [1.165, 1.54) is 19.1 Å². The fourth-order valence-corrected chi connectivity index (χ4v) is 2.00. The number of furan rings is 1. The van der Waals surface area contributed by atoms with Crippen molar-refractivity contribution in [3.05, 3.63) is 23.7 Å². The van der Waals surface area contributed by atoms with Crippen molar-refractivity contribution in [2.24, 2.45) is 0 Å². The maximum Gasteiger partial charge on any atom is 0.338 e. The standard InChI is InChI=1S/C11H15NO3/c1-8-3-2-4-12(8)6-10-5-9(7-15-10)11(13)14/h5,7-8H,2-4,6H2,1H3,(H,13,14). The Morgan fingerprint density at radius 3 is 3.07 bits per heavy atom. The summed E-state index contributed by atoms with van der Waals surface area (Å²) in [4.78, 5) is 13.0. The summed E-state index contributed by atoms with van der Waals surface area (Å²) < 4.78 is 5.21. The zero-order valence-electron chi connectivity index (χ0n) is 8.77. The second kappa shape index (κ2) is 4.06. The smallest absolute Gasteiger partial charge is 0.338 e. The van der Waals surface area contributed by atoms with Crippen molar-refractivity contribution < 1.29 is 14.3 Å². The number of carboxylic acids is 1. The summed E-state index contributed by atoms with van der Waals surface area (Å²) in [7, 11) is 0. The van der Waals surface area contributed by atoms with Gasteiger partial charge in [0.05, 0.1) is 12.1 Å². The van der Waals surface area contributed by atoms with Crippen molar-refractivity contribution in [3.63, 3.8) is 0 Å². The Labute approximate surface area is 88.5 Å². The normalized spacial score (nSPS) is 22.1. The molecule has 1 saturated heterocycles. The van der Waals surface area contributed by atoms with Crippen LogP contribution in [-0.4, -0.2) is 28.6 Å². The fourth-order valence-electron chi connectivity index (χ4n) is 2.00. The van der Waals surface area contributed by atoms with E-state index >= 15 is 0 Å². The van der Waals surface area contributed by atoms with Crippen LogP contribution in [0.1, 0.15) is 35.9 Å². The minimum absolute atomic E-state index is 0.233. The highest BCUT2D eigenvalue weighted by Gasteiger charge is 2.21. The van der Waals surface area contributed by atoms with Crippen molar-refractivity contribution in [1.29, 1.82) is 0 Å². The molecule has 1 unspecified atom stereocenters. The summed E-state index contributed by atoms with van der Waals surface area (Å²) in [6, 6.07) is 2.18. The average Bonchev–Trinajstić information content (AvgIpc) is 2.77. The first-order valence-corrected chi connectivity index (χ1v) is 5.21. The molecule has 2 rings (SSSR count). The first-order valence-electron chi connectivity index (χ1n) is 5.21. The predicted molar refractivity (Wildman–Crippen MR) is 54.8 cm³/mol. The average molecular weight is 209 g/mol. The van der Waals surface area contributed by atoms with Gasteiger partial charge in [-0.25, -0.2) is 4.79 Å². The Kier molecular flexibility index (Phi) is 2.77. The van der Waals surface area contributed by atoms with Gasteiger partial charge in [-0.15, -0.1) is 0 Å². The number of likely N-dealkylation sites (tertiary alicyclic amines) is 1. The molecule has 1 atom stereocenters. The third kappa shape index (κ3) is 2.21. The minimum Gasteiger partial charge on any atom is -0.478 e. The lowest BCUT2D eigenvalue weighted by molar-refractivity contribution is 0.0696. The summed E-state index contributed by atoms with van der Waals surface area (Å²) >= 11 is 0. The second-order valence-corrected chi connectivity index (χ2v) is 4.07. The quantitative estimate of drug-likeness (QED) is 0.826. The molecule has 0 aliphatic carbocycles. The topological polar surface area (TPSA) is 53.7 Å². The number of nitrogens with zero attached hydrogens (tertiary/aromatic N) is 1. The van der Waals surface area contributed by atoms with Crippen LogP contribution in [0.2, 0.25) is 0 Å². The molecule has 1 aliphatic rings. The van der Waals surface area contributed by atoms with E-state index in [9.17, 15) is 4.79 Å². The summed E-state index contributed by atoms with van der Waals surface area (Å²) in [5.41, 5.74) is 0.233. The third-order valence-corrected chi connectivity index (χ3v) is 2.95. The molecule has 2 heterocycles. The molecule has 4 nitrogen and oxygen atoms in total. The first-order chi connectivity index (χ1) is 7.16. The van der Waals surface area contributed by atoms with Gasteiger partial charge in [0.15, 0.2) is 0 Å². The Hall–Kier alpha value is -1.29. The molecule has 0 spiro atoms. The van der Waals surface area contributed by atoms with E-state index in [4.69, 9.17) is 9.52 Å². The number of hydrogen-bond donors (Lipinski definition) is 1. The zero-order valence-corrected chi connectivity index (χ0v) is 8.77. The number of hydrogen-bond acceptors (Lipinski definition) is 3. The number of aromatic carboxylic acids is 1. The Morgan fingerprint density at radius 1 is 1.73 bits per heavy atom. The van der Waals surface area contributed by atoms with Crippen LogP contribution in [0.25, 0.3) is 0 Å². The van der Waals surface area contributed by atoms with Crippen LogP contribution in [0.15, 0.2) is 16.7 Å². The molecule has 0 amide bonds. The molecule has 1 aromatic rings. The minimum atomic E-state index is -0.931. The van der Waals surface area contributed by atoms with Gasteiger partial charge in [-0.3, -0.25) is 4.90 Å². The maximum atomic E-state index is 10.6. The second-order valence-electron chi connectivity index (χ2n) is 4.07. The Bertz CT molecular complexity index is 358. The van der Waals surface area contributed by atoms with E-state index in [1.807, 2.05) is 0 Å². The molecule has 15 heavy (non-hydrogen) atoms. The van der Waals surface area contributed by atoms with Crippen LogP contribution >= 0.6 is 0 Å². The largest absolute Gasteiger partial charge is 0.478 e. The number of rotatable bonds is 3. The first kappa shape index (κ1) is 10.2. The summed E-state index contributed by atoms with van der Waals surface area (Å²) in [6.45, 7) is 3.98. The van der Waals surface area contributed by atoms with E-state index in [0.29, 0.717) is 12.6 Å². The monoisotopic (exact) mass is 209 g/mol. The molecule has 0 saturated carbocycles. The fraction of sp³-hybridized carbons (Fsp3) is 0.545. The number of carboxylic acid groups (broad SMARTS) is 1. The van der Waals surface area contributed by atoms with Crippen molar-refractivity contribution >= 4 is 5.97 Å². The zero-order chi connectivity index (χ0) is 10.8. The summed E-state index contributed by atoms with van der Waals surface area (Å²) in [5.74, 6) is -0.194. The molecule has 0 radical (unpaired) electrons. The van der Waals surface area contributed by atoms with Crippen molar-refractivity contribution in [2.45, 2.75) is 32.4 Å². The van der Waals surface area contributed by atoms with Gasteiger partial charge in [0.2, 0.25) is 0 Å². The highest BCUT2D eigenvalue weighted by Crippen LogP contribution is 2.20. The van der Waals surface area contributed by atoms with E-state index in [-0.39, 0.29) is 5.56 Å².